The second kappa shape index (κ2) is 10.0. The van der Waals surface area contributed by atoms with Gasteiger partial charge in [-0.15, -0.1) is 0 Å². The first kappa shape index (κ1) is 25.0. The van der Waals surface area contributed by atoms with Crippen LogP contribution >= 0.6 is 0 Å². The van der Waals surface area contributed by atoms with Gasteiger partial charge in [-0.2, -0.15) is 5.26 Å². The Morgan fingerprint density at radius 3 is 2.44 bits per heavy atom. The molecule has 0 aliphatic carbocycles. The summed E-state index contributed by atoms with van der Waals surface area (Å²) < 4.78 is 35.6. The van der Waals surface area contributed by atoms with Gasteiger partial charge in [-0.05, 0) is 41.5 Å². The predicted molar refractivity (Wildman–Crippen MR) is 142 cm³/mol. The maximum absolute atomic E-state index is 15.3. The molecule has 0 saturated heterocycles. The molecule has 9 nitrogen and oxygen atoms in total. The number of rotatable bonds is 6. The van der Waals surface area contributed by atoms with Crippen LogP contribution in [0.5, 0.6) is 11.8 Å². The Labute approximate surface area is 220 Å². The van der Waals surface area contributed by atoms with Crippen molar-refractivity contribution in [1.29, 1.82) is 5.26 Å². The summed E-state index contributed by atoms with van der Waals surface area (Å²) in [4.78, 5) is 23.3. The van der Waals surface area contributed by atoms with Crippen molar-refractivity contribution < 1.29 is 18.3 Å². The van der Waals surface area contributed by atoms with Crippen molar-refractivity contribution in [3.8, 4) is 40.2 Å². The fraction of sp³-hybridized carbons (Fsp3) is 0.0357. The molecular formula is C28H19F2N7O2. The number of fused-ring (bicyclic) bond motifs is 1. The molecule has 0 aliphatic rings. The molecule has 0 fully saturated rings. The lowest BCUT2D eigenvalue weighted by molar-refractivity contribution is -0.111. The Balaban J connectivity index is 1.68. The average molecular weight is 524 g/mol. The van der Waals surface area contributed by atoms with Gasteiger partial charge in [0.2, 0.25) is 5.91 Å². The van der Waals surface area contributed by atoms with E-state index >= 15 is 4.39 Å². The van der Waals surface area contributed by atoms with Crippen molar-refractivity contribution in [1.82, 2.24) is 19.5 Å². The number of aryl methyl sites for hydroxylation is 1. The van der Waals surface area contributed by atoms with Crippen LogP contribution in [0.15, 0.2) is 73.7 Å². The van der Waals surface area contributed by atoms with Crippen LogP contribution in [0.4, 0.5) is 20.3 Å². The van der Waals surface area contributed by atoms with Gasteiger partial charge in [0.05, 0.1) is 34.6 Å². The summed E-state index contributed by atoms with van der Waals surface area (Å²) in [7, 11) is 1.77. The Hall–Kier alpha value is -5.63. The van der Waals surface area contributed by atoms with Gasteiger partial charge in [-0.25, -0.2) is 23.7 Å². The smallest absolute Gasteiger partial charge is 0.322 e. The number of nitrogens with one attached hydrogen (secondary N) is 1. The van der Waals surface area contributed by atoms with Crippen LogP contribution in [0, 0.1) is 23.0 Å². The third kappa shape index (κ3) is 4.62. The topological polar surface area (TPSA) is 132 Å². The molecule has 3 heterocycles. The molecule has 0 radical (unpaired) electrons. The highest BCUT2D eigenvalue weighted by atomic mass is 19.1. The van der Waals surface area contributed by atoms with Crippen LogP contribution in [-0.4, -0.2) is 25.4 Å². The van der Waals surface area contributed by atoms with Gasteiger partial charge in [-0.3, -0.25) is 4.79 Å². The van der Waals surface area contributed by atoms with Crippen LogP contribution in [0.1, 0.15) is 5.56 Å². The zero-order chi connectivity index (χ0) is 27.7. The summed E-state index contributed by atoms with van der Waals surface area (Å²) in [6, 6.07) is 13.2. The van der Waals surface area contributed by atoms with Crippen LogP contribution in [0.25, 0.3) is 33.3 Å². The highest BCUT2D eigenvalue weighted by Crippen LogP contribution is 2.44. The van der Waals surface area contributed by atoms with Crippen LogP contribution in [0.3, 0.4) is 0 Å². The van der Waals surface area contributed by atoms with Gasteiger partial charge in [0.1, 0.15) is 11.9 Å². The molecule has 5 aromatic rings. The monoisotopic (exact) mass is 523 g/mol. The van der Waals surface area contributed by atoms with Gasteiger partial charge in [0.15, 0.2) is 17.4 Å². The lowest BCUT2D eigenvalue weighted by atomic mass is 9.97. The first-order valence-corrected chi connectivity index (χ1v) is 11.5. The number of hydrogen-bond donors (Lipinski definition) is 2. The Morgan fingerprint density at radius 1 is 1.10 bits per heavy atom. The molecule has 0 unspecified atom stereocenters. The van der Waals surface area contributed by atoms with Gasteiger partial charge < -0.3 is 20.4 Å². The fourth-order valence-corrected chi connectivity index (χ4v) is 4.30. The van der Waals surface area contributed by atoms with Gasteiger partial charge in [-0.1, -0.05) is 24.8 Å². The lowest BCUT2D eigenvalue weighted by Gasteiger charge is -2.12. The molecule has 3 N–H and O–H groups in total. The Bertz CT molecular complexity index is 1790. The minimum Gasteiger partial charge on any atom is -0.421 e. The lowest BCUT2D eigenvalue weighted by Crippen LogP contribution is -2.06. The first-order valence-electron chi connectivity index (χ1n) is 11.5. The Morgan fingerprint density at radius 2 is 1.79 bits per heavy atom. The van der Waals surface area contributed by atoms with E-state index in [0.29, 0.717) is 39.0 Å². The number of carbonyl (C=O) groups is 1. The van der Waals surface area contributed by atoms with Crippen molar-refractivity contribution in [2.24, 2.45) is 7.05 Å². The molecule has 39 heavy (non-hydrogen) atoms. The van der Waals surface area contributed by atoms with E-state index in [1.54, 1.807) is 41.9 Å². The molecule has 0 saturated carbocycles. The van der Waals surface area contributed by atoms with Crippen LogP contribution in [-0.2, 0) is 11.8 Å². The van der Waals surface area contributed by atoms with E-state index in [1.807, 2.05) is 0 Å². The van der Waals surface area contributed by atoms with Crippen molar-refractivity contribution >= 4 is 28.3 Å². The number of nitriles is 1. The number of hydrogen-bond acceptors (Lipinski definition) is 7. The molecule has 0 spiro atoms. The largest absolute Gasteiger partial charge is 0.421 e. The molecule has 11 heteroatoms. The number of nitrogen functional groups attached to an aromatic ring is 1. The quantitative estimate of drug-likeness (QED) is 0.287. The third-order valence-electron chi connectivity index (χ3n) is 5.99. The predicted octanol–water partition coefficient (Wildman–Crippen LogP) is 5.35. The summed E-state index contributed by atoms with van der Waals surface area (Å²) in [5, 5.41) is 12.9. The normalized spacial score (nSPS) is 10.7. The number of halogens is 2. The van der Waals surface area contributed by atoms with E-state index in [-0.39, 0.29) is 29.0 Å². The molecule has 2 aromatic carbocycles. The van der Waals surface area contributed by atoms with Crippen molar-refractivity contribution in [3.63, 3.8) is 0 Å². The maximum atomic E-state index is 15.3. The summed E-state index contributed by atoms with van der Waals surface area (Å²) in [5.41, 5.74) is 10.00. The van der Waals surface area contributed by atoms with E-state index in [2.05, 4.69) is 32.9 Å². The minimum atomic E-state index is -0.728. The van der Waals surface area contributed by atoms with E-state index in [0.717, 1.165) is 12.4 Å². The highest BCUT2D eigenvalue weighted by Gasteiger charge is 2.24. The van der Waals surface area contributed by atoms with Crippen LogP contribution < -0.4 is 15.8 Å². The van der Waals surface area contributed by atoms with E-state index < -0.39 is 11.6 Å². The first-order chi connectivity index (χ1) is 18.8. The zero-order valence-electron chi connectivity index (χ0n) is 20.4. The number of anilines is 2. The van der Waals surface area contributed by atoms with Crippen LogP contribution in [0.2, 0.25) is 0 Å². The second-order valence-corrected chi connectivity index (χ2v) is 8.38. The summed E-state index contributed by atoms with van der Waals surface area (Å²) >= 11 is 0. The highest BCUT2D eigenvalue weighted by molar-refractivity contribution is 6.10. The summed E-state index contributed by atoms with van der Waals surface area (Å²) in [6.07, 6.45) is 4.37. The van der Waals surface area contributed by atoms with Gasteiger partial charge in [0, 0.05) is 24.5 Å². The van der Waals surface area contributed by atoms with E-state index in [4.69, 9.17) is 10.5 Å². The zero-order valence-corrected chi connectivity index (χ0v) is 20.4. The third-order valence-corrected chi connectivity index (χ3v) is 5.99. The number of pyridine rings is 1. The molecule has 192 valence electrons. The van der Waals surface area contributed by atoms with Crippen molar-refractivity contribution in [3.05, 3.63) is 90.9 Å². The van der Waals surface area contributed by atoms with Gasteiger partial charge in [0.25, 0.3) is 0 Å². The number of aromatic nitrogens is 4. The maximum Gasteiger partial charge on any atom is 0.322 e. The summed E-state index contributed by atoms with van der Waals surface area (Å²) in [5.74, 6) is -1.74. The number of carbonyl (C=O) groups excluding carboxylic acids is 1. The number of nitrogens with two attached hydrogens (primary N) is 1. The molecule has 0 aliphatic heterocycles. The number of benzene rings is 2. The summed E-state index contributed by atoms with van der Waals surface area (Å²) in [6.45, 7) is 3.45. The molecule has 0 atom stereocenters. The standard InChI is InChI=1S/C28H19F2N7O2/c1-3-22(38)36-19-7-4-15(5-8-19)25-23(24-26(37(25)2)17(11-31)12-33-27(24)32)16-6-9-21(20(30)10-16)39-28-34-13-18(29)14-35-28/h3-10,12-14H,1H2,2H3,(H2,32,33)(H,36,38). The number of ether oxygens (including phenoxy) is 1. The van der Waals surface area contributed by atoms with Gasteiger partial charge >= 0.3 is 6.01 Å². The molecule has 3 aromatic heterocycles. The number of nitrogens with zero attached hydrogens (tertiary/aromatic N) is 5. The molecule has 5 rings (SSSR count). The Kier molecular flexibility index (Phi) is 6.44. The molecule has 1 amide bonds. The fourth-order valence-electron chi connectivity index (χ4n) is 4.30. The number of amides is 1. The molecule has 0 bridgehead atoms. The van der Waals surface area contributed by atoms with E-state index in [1.165, 1.54) is 24.4 Å². The minimum absolute atomic E-state index is 0.163. The van der Waals surface area contributed by atoms with Crippen molar-refractivity contribution in [2.45, 2.75) is 0 Å². The second-order valence-electron chi connectivity index (χ2n) is 8.38. The SMILES string of the molecule is C=CC(=O)Nc1ccc(-c2c(-c3ccc(Oc4ncc(F)cn4)c(F)c3)c3c(N)ncc(C#N)c3n2C)cc1. The molecular weight excluding hydrogens is 504 g/mol. The van der Waals surface area contributed by atoms with Crippen molar-refractivity contribution in [2.75, 3.05) is 11.1 Å². The van der Waals surface area contributed by atoms with E-state index in [9.17, 15) is 14.4 Å². The average Bonchev–Trinajstić information content (AvgIpc) is 3.25.